The predicted octanol–water partition coefficient (Wildman–Crippen LogP) is 1.87. The lowest BCUT2D eigenvalue weighted by atomic mass is 10.0. The maximum Gasteiger partial charge on any atom is 0.243 e. The second-order valence-corrected chi connectivity index (χ2v) is 7.34. The molecule has 1 aliphatic rings. The molecular formula is C14H22N2O2S. The largest absolute Gasteiger partial charge is 0.326 e. The lowest BCUT2D eigenvalue weighted by molar-refractivity contribution is 0.281. The van der Waals surface area contributed by atoms with E-state index in [9.17, 15) is 8.42 Å². The molecule has 2 rings (SSSR count). The van der Waals surface area contributed by atoms with Crippen molar-refractivity contribution in [3.63, 3.8) is 0 Å². The maximum atomic E-state index is 12.6. The van der Waals surface area contributed by atoms with E-state index in [0.29, 0.717) is 30.4 Å². The second kappa shape index (κ2) is 5.61. The van der Waals surface area contributed by atoms with Gasteiger partial charge in [0.25, 0.3) is 0 Å². The SMILES string of the molecule is Cc1cc(S(=O)(=O)N2CCCC(C)C2)ccc1CN. The fourth-order valence-electron chi connectivity index (χ4n) is 2.57. The van der Waals surface area contributed by atoms with Crippen LogP contribution < -0.4 is 5.73 Å². The number of piperidine rings is 1. The first-order chi connectivity index (χ1) is 8.95. The van der Waals surface area contributed by atoms with Crippen LogP contribution >= 0.6 is 0 Å². The summed E-state index contributed by atoms with van der Waals surface area (Å²) in [4.78, 5) is 0.385. The molecule has 5 heteroatoms. The van der Waals surface area contributed by atoms with Crippen molar-refractivity contribution >= 4 is 10.0 Å². The van der Waals surface area contributed by atoms with Gasteiger partial charge in [-0.15, -0.1) is 0 Å². The molecule has 19 heavy (non-hydrogen) atoms. The Labute approximate surface area is 115 Å². The second-order valence-electron chi connectivity index (χ2n) is 5.40. The summed E-state index contributed by atoms with van der Waals surface area (Å²) in [7, 11) is -3.35. The third-order valence-electron chi connectivity index (χ3n) is 3.79. The van der Waals surface area contributed by atoms with Crippen molar-refractivity contribution in [1.82, 2.24) is 4.31 Å². The van der Waals surface area contributed by atoms with Crippen LogP contribution in [-0.2, 0) is 16.6 Å². The Morgan fingerprint density at radius 2 is 2.16 bits per heavy atom. The van der Waals surface area contributed by atoms with E-state index in [1.165, 1.54) is 0 Å². The topological polar surface area (TPSA) is 63.4 Å². The first kappa shape index (κ1) is 14.5. The van der Waals surface area contributed by atoms with Crippen molar-refractivity contribution in [2.45, 2.75) is 38.1 Å². The van der Waals surface area contributed by atoms with Crippen molar-refractivity contribution in [1.29, 1.82) is 0 Å². The fourth-order valence-corrected chi connectivity index (χ4v) is 4.26. The summed E-state index contributed by atoms with van der Waals surface area (Å²) < 4.78 is 26.8. The highest BCUT2D eigenvalue weighted by Crippen LogP contribution is 2.24. The molecule has 0 bridgehead atoms. The number of hydrogen-bond acceptors (Lipinski definition) is 3. The molecule has 1 saturated heterocycles. The molecule has 0 spiro atoms. The Bertz CT molecular complexity index is 555. The van der Waals surface area contributed by atoms with E-state index in [2.05, 4.69) is 6.92 Å². The Morgan fingerprint density at radius 1 is 1.42 bits per heavy atom. The van der Waals surface area contributed by atoms with Crippen LogP contribution in [-0.4, -0.2) is 25.8 Å². The van der Waals surface area contributed by atoms with Crippen LogP contribution in [0.15, 0.2) is 23.1 Å². The zero-order valence-electron chi connectivity index (χ0n) is 11.6. The van der Waals surface area contributed by atoms with Crippen LogP contribution in [0.4, 0.5) is 0 Å². The summed E-state index contributed by atoms with van der Waals surface area (Å²) in [5.41, 5.74) is 7.54. The number of nitrogens with two attached hydrogens (primary N) is 1. The van der Waals surface area contributed by atoms with Crippen molar-refractivity contribution < 1.29 is 8.42 Å². The normalized spacial score (nSPS) is 21.5. The molecule has 0 saturated carbocycles. The van der Waals surface area contributed by atoms with Gasteiger partial charge >= 0.3 is 0 Å². The zero-order valence-corrected chi connectivity index (χ0v) is 12.4. The minimum absolute atomic E-state index is 0.385. The smallest absolute Gasteiger partial charge is 0.243 e. The summed E-state index contributed by atoms with van der Waals surface area (Å²) >= 11 is 0. The van der Waals surface area contributed by atoms with Crippen molar-refractivity contribution in [3.8, 4) is 0 Å². The standard InChI is InChI=1S/C14H22N2O2S/c1-11-4-3-7-16(10-11)19(17,18)14-6-5-13(9-15)12(2)8-14/h5-6,8,11H,3-4,7,9-10,15H2,1-2H3. The van der Waals surface area contributed by atoms with Gasteiger partial charge in [0.1, 0.15) is 0 Å². The molecule has 1 aliphatic heterocycles. The summed E-state index contributed by atoms with van der Waals surface area (Å²) in [6, 6.07) is 5.22. The molecule has 4 nitrogen and oxygen atoms in total. The number of rotatable bonds is 3. The first-order valence-electron chi connectivity index (χ1n) is 6.75. The van der Waals surface area contributed by atoms with Crippen LogP contribution in [0, 0.1) is 12.8 Å². The average molecular weight is 282 g/mol. The molecule has 1 aromatic rings. The highest BCUT2D eigenvalue weighted by Gasteiger charge is 2.28. The average Bonchev–Trinajstić information content (AvgIpc) is 2.38. The van der Waals surface area contributed by atoms with Gasteiger partial charge in [0.05, 0.1) is 4.90 Å². The van der Waals surface area contributed by atoms with E-state index in [1.54, 1.807) is 16.4 Å². The van der Waals surface area contributed by atoms with Gasteiger partial charge in [-0.05, 0) is 48.9 Å². The van der Waals surface area contributed by atoms with Gasteiger partial charge in [-0.2, -0.15) is 4.31 Å². The first-order valence-corrected chi connectivity index (χ1v) is 8.19. The molecule has 0 aliphatic carbocycles. The summed E-state index contributed by atoms with van der Waals surface area (Å²) in [5, 5.41) is 0. The van der Waals surface area contributed by atoms with Crippen LogP contribution in [0.1, 0.15) is 30.9 Å². The highest BCUT2D eigenvalue weighted by molar-refractivity contribution is 7.89. The molecule has 0 radical (unpaired) electrons. The third-order valence-corrected chi connectivity index (χ3v) is 5.65. The van der Waals surface area contributed by atoms with Gasteiger partial charge in [-0.3, -0.25) is 0 Å². The minimum atomic E-state index is -3.35. The van der Waals surface area contributed by atoms with E-state index in [1.807, 2.05) is 13.0 Å². The number of nitrogens with zero attached hydrogens (tertiary/aromatic N) is 1. The molecule has 1 atom stereocenters. The van der Waals surface area contributed by atoms with E-state index in [4.69, 9.17) is 5.73 Å². The van der Waals surface area contributed by atoms with Gasteiger partial charge in [-0.25, -0.2) is 8.42 Å². The molecule has 1 aromatic carbocycles. The Kier molecular flexibility index (Phi) is 4.28. The number of benzene rings is 1. The lowest BCUT2D eigenvalue weighted by Crippen LogP contribution is -2.39. The summed E-state index contributed by atoms with van der Waals surface area (Å²) in [6.45, 7) is 5.70. The van der Waals surface area contributed by atoms with Gasteiger partial charge < -0.3 is 5.73 Å². The molecule has 0 amide bonds. The predicted molar refractivity (Wildman–Crippen MR) is 76.2 cm³/mol. The quantitative estimate of drug-likeness (QED) is 0.920. The minimum Gasteiger partial charge on any atom is -0.326 e. The Hall–Kier alpha value is -0.910. The molecule has 2 N–H and O–H groups in total. The van der Waals surface area contributed by atoms with Gasteiger partial charge in [-0.1, -0.05) is 13.0 Å². The van der Waals surface area contributed by atoms with Crippen LogP contribution in [0.25, 0.3) is 0 Å². The molecule has 1 fully saturated rings. The number of sulfonamides is 1. The van der Waals surface area contributed by atoms with Gasteiger partial charge in [0.15, 0.2) is 0 Å². The molecule has 106 valence electrons. The van der Waals surface area contributed by atoms with E-state index in [-0.39, 0.29) is 0 Å². The Morgan fingerprint density at radius 3 is 2.74 bits per heavy atom. The third kappa shape index (κ3) is 2.99. The highest BCUT2D eigenvalue weighted by atomic mass is 32.2. The van der Waals surface area contributed by atoms with Crippen LogP contribution in [0.5, 0.6) is 0 Å². The lowest BCUT2D eigenvalue weighted by Gasteiger charge is -2.30. The monoisotopic (exact) mass is 282 g/mol. The molecule has 0 aromatic heterocycles. The van der Waals surface area contributed by atoms with Crippen molar-refractivity contribution in [2.24, 2.45) is 11.7 Å². The van der Waals surface area contributed by atoms with E-state index >= 15 is 0 Å². The van der Waals surface area contributed by atoms with Gasteiger partial charge in [0.2, 0.25) is 10.0 Å². The van der Waals surface area contributed by atoms with Crippen LogP contribution in [0.3, 0.4) is 0 Å². The van der Waals surface area contributed by atoms with Gasteiger partial charge in [0, 0.05) is 19.6 Å². The molecule has 1 heterocycles. The van der Waals surface area contributed by atoms with E-state index < -0.39 is 10.0 Å². The number of hydrogen-bond donors (Lipinski definition) is 1. The van der Waals surface area contributed by atoms with Crippen molar-refractivity contribution in [3.05, 3.63) is 29.3 Å². The number of aryl methyl sites for hydroxylation is 1. The summed E-state index contributed by atoms with van der Waals surface area (Å²) in [6.07, 6.45) is 2.05. The molecule has 1 unspecified atom stereocenters. The molecular weight excluding hydrogens is 260 g/mol. The van der Waals surface area contributed by atoms with Crippen molar-refractivity contribution in [2.75, 3.05) is 13.1 Å². The zero-order chi connectivity index (χ0) is 14.0. The maximum absolute atomic E-state index is 12.6. The van der Waals surface area contributed by atoms with E-state index in [0.717, 1.165) is 24.0 Å². The summed E-state index contributed by atoms with van der Waals surface area (Å²) in [5.74, 6) is 0.438. The fraction of sp³-hybridized carbons (Fsp3) is 0.571. The van der Waals surface area contributed by atoms with Crippen LogP contribution in [0.2, 0.25) is 0 Å². The Balaban J connectivity index is 2.31.